The van der Waals surface area contributed by atoms with Crippen LogP contribution in [0.5, 0.6) is 0 Å². The summed E-state index contributed by atoms with van der Waals surface area (Å²) in [5, 5.41) is 15.0. The Hall–Kier alpha value is -3.12. The monoisotopic (exact) mass is 502 g/mol. The van der Waals surface area contributed by atoms with E-state index in [4.69, 9.17) is 5.10 Å². The van der Waals surface area contributed by atoms with Crippen LogP contribution in [-0.2, 0) is 13.0 Å². The number of likely N-dealkylation sites (tertiary alicyclic amines) is 1. The molecule has 1 aliphatic rings. The zero-order valence-corrected chi connectivity index (χ0v) is 22.8. The summed E-state index contributed by atoms with van der Waals surface area (Å²) in [5.74, 6) is 0.517. The van der Waals surface area contributed by atoms with Crippen LogP contribution >= 0.6 is 0 Å². The fourth-order valence-electron chi connectivity index (χ4n) is 5.73. The molecule has 1 saturated heterocycles. The third-order valence-corrected chi connectivity index (χ3v) is 7.54. The Kier molecular flexibility index (Phi) is 8.70. The number of benzene rings is 2. The lowest BCUT2D eigenvalue weighted by molar-refractivity contribution is 0.0608. The minimum Gasteiger partial charge on any atom is -0.465 e. The molecule has 0 unspecified atom stereocenters. The number of hydrogen-bond donors (Lipinski definition) is 1. The zero-order chi connectivity index (χ0) is 26.4. The number of aromatic nitrogens is 2. The molecule has 2 aromatic carbocycles. The van der Waals surface area contributed by atoms with Crippen LogP contribution in [-0.4, -0.2) is 56.0 Å². The number of carboxylic acid groups (broad SMARTS) is 1. The first-order chi connectivity index (χ1) is 17.8. The van der Waals surface area contributed by atoms with Crippen LogP contribution in [0.25, 0.3) is 0 Å². The zero-order valence-electron chi connectivity index (χ0n) is 22.8. The predicted octanol–water partition coefficient (Wildman–Crippen LogP) is 6.58. The number of aryl methyl sites for hydroxylation is 1. The van der Waals surface area contributed by atoms with Crippen molar-refractivity contribution in [3.8, 4) is 0 Å². The van der Waals surface area contributed by atoms with Crippen LogP contribution in [0.1, 0.15) is 81.4 Å². The molecule has 1 aromatic heterocycles. The molecule has 1 aliphatic heterocycles. The summed E-state index contributed by atoms with van der Waals surface area (Å²) in [5.41, 5.74) is 4.39. The highest BCUT2D eigenvalue weighted by atomic mass is 16.4. The SMILES string of the molecule is CCn1nc(Cc2ccccc2)cc1C1CCN(CC[C@@H](c2ccccc2)N(C(=O)O)C(C)(C)C)CC1. The first kappa shape index (κ1) is 26.9. The van der Waals surface area contributed by atoms with E-state index in [1.807, 2.05) is 39.0 Å². The number of carbonyl (C=O) groups is 1. The number of nitrogens with zero attached hydrogens (tertiary/aromatic N) is 4. The summed E-state index contributed by atoms with van der Waals surface area (Å²) in [6, 6.07) is 22.8. The molecule has 1 N–H and O–H groups in total. The van der Waals surface area contributed by atoms with E-state index in [0.29, 0.717) is 5.92 Å². The Morgan fingerprint density at radius 1 is 1.05 bits per heavy atom. The topological polar surface area (TPSA) is 61.6 Å². The van der Waals surface area contributed by atoms with Crippen molar-refractivity contribution in [1.29, 1.82) is 0 Å². The maximum atomic E-state index is 12.3. The minimum atomic E-state index is -0.862. The molecule has 6 heteroatoms. The van der Waals surface area contributed by atoms with E-state index in [2.05, 4.69) is 65.0 Å². The van der Waals surface area contributed by atoms with Crippen LogP contribution in [0, 0.1) is 0 Å². The molecular formula is C31H42N4O2. The molecule has 4 rings (SSSR count). The normalized spacial score (nSPS) is 16.0. The average Bonchev–Trinajstić information content (AvgIpc) is 3.29. The standard InChI is InChI=1S/C31H42N4O2/c1-5-34-29(23-27(32-34)22-24-12-8-6-9-13-24)26-16-19-33(20-17-26)21-18-28(25-14-10-7-11-15-25)35(30(36)37)31(2,3)4/h6-15,23,26,28H,5,16-22H2,1-4H3,(H,36,37)/t28-/m0/s1. The molecule has 0 spiro atoms. The van der Waals surface area contributed by atoms with Crippen LogP contribution in [0.2, 0.25) is 0 Å². The van der Waals surface area contributed by atoms with E-state index in [9.17, 15) is 9.90 Å². The van der Waals surface area contributed by atoms with Crippen molar-refractivity contribution in [3.05, 3.63) is 89.2 Å². The van der Waals surface area contributed by atoms with E-state index >= 15 is 0 Å². The van der Waals surface area contributed by atoms with Crippen LogP contribution < -0.4 is 0 Å². The van der Waals surface area contributed by atoms with Gasteiger partial charge in [-0.1, -0.05) is 60.7 Å². The fraction of sp³-hybridized carbons (Fsp3) is 0.484. The fourth-order valence-corrected chi connectivity index (χ4v) is 5.73. The Labute approximate surface area is 221 Å². The van der Waals surface area contributed by atoms with Crippen LogP contribution in [0.3, 0.4) is 0 Å². The third-order valence-electron chi connectivity index (χ3n) is 7.54. The summed E-state index contributed by atoms with van der Waals surface area (Å²) < 4.78 is 2.19. The molecule has 0 saturated carbocycles. The molecule has 0 radical (unpaired) electrons. The van der Waals surface area contributed by atoms with Gasteiger partial charge in [0.25, 0.3) is 0 Å². The Morgan fingerprint density at radius 3 is 2.24 bits per heavy atom. The molecule has 1 atom stereocenters. The highest BCUT2D eigenvalue weighted by Gasteiger charge is 2.34. The number of amides is 1. The van der Waals surface area contributed by atoms with Crippen molar-refractivity contribution in [2.75, 3.05) is 19.6 Å². The van der Waals surface area contributed by atoms with Crippen molar-refractivity contribution < 1.29 is 9.90 Å². The average molecular weight is 503 g/mol. The van der Waals surface area contributed by atoms with Crippen LogP contribution in [0.4, 0.5) is 4.79 Å². The van der Waals surface area contributed by atoms with Gasteiger partial charge < -0.3 is 10.0 Å². The number of rotatable bonds is 9. The molecular weight excluding hydrogens is 460 g/mol. The molecule has 0 aliphatic carbocycles. The highest BCUT2D eigenvalue weighted by molar-refractivity contribution is 5.67. The Bertz CT molecular complexity index is 1130. The van der Waals surface area contributed by atoms with Gasteiger partial charge >= 0.3 is 6.09 Å². The predicted molar refractivity (Wildman–Crippen MR) is 149 cm³/mol. The molecule has 2 heterocycles. The molecule has 1 amide bonds. The first-order valence-corrected chi connectivity index (χ1v) is 13.7. The van der Waals surface area contributed by atoms with Gasteiger partial charge in [0.1, 0.15) is 0 Å². The smallest absolute Gasteiger partial charge is 0.408 e. The van der Waals surface area contributed by atoms with E-state index in [-0.39, 0.29) is 6.04 Å². The van der Waals surface area contributed by atoms with Crippen molar-refractivity contribution >= 4 is 6.09 Å². The van der Waals surface area contributed by atoms with Gasteiger partial charge in [0, 0.05) is 36.7 Å². The maximum absolute atomic E-state index is 12.3. The third kappa shape index (κ3) is 6.80. The van der Waals surface area contributed by atoms with E-state index in [0.717, 1.165) is 63.1 Å². The molecule has 6 nitrogen and oxygen atoms in total. The van der Waals surface area contributed by atoms with Crippen LogP contribution in [0.15, 0.2) is 66.7 Å². The summed E-state index contributed by atoms with van der Waals surface area (Å²) in [7, 11) is 0. The molecule has 0 bridgehead atoms. The van der Waals surface area contributed by atoms with Gasteiger partial charge in [0.2, 0.25) is 0 Å². The van der Waals surface area contributed by atoms with Gasteiger partial charge in [0.05, 0.1) is 11.7 Å². The summed E-state index contributed by atoms with van der Waals surface area (Å²) >= 11 is 0. The number of piperidine rings is 1. The van der Waals surface area contributed by atoms with Gasteiger partial charge in [-0.3, -0.25) is 9.58 Å². The van der Waals surface area contributed by atoms with E-state index in [1.165, 1.54) is 11.3 Å². The van der Waals surface area contributed by atoms with Crippen molar-refractivity contribution in [2.45, 2.75) is 77.4 Å². The number of hydrogen-bond acceptors (Lipinski definition) is 3. The van der Waals surface area contributed by atoms with Crippen molar-refractivity contribution in [2.24, 2.45) is 0 Å². The van der Waals surface area contributed by atoms with E-state index in [1.54, 1.807) is 4.90 Å². The minimum absolute atomic E-state index is 0.168. The first-order valence-electron chi connectivity index (χ1n) is 13.7. The summed E-state index contributed by atoms with van der Waals surface area (Å²) in [6.07, 6.45) is 3.00. The Balaban J connectivity index is 1.40. The Morgan fingerprint density at radius 2 is 1.68 bits per heavy atom. The lowest BCUT2D eigenvalue weighted by atomic mass is 9.92. The van der Waals surface area contributed by atoms with E-state index < -0.39 is 11.6 Å². The molecule has 198 valence electrons. The summed E-state index contributed by atoms with van der Waals surface area (Å²) in [6.45, 7) is 11.9. The second kappa shape index (κ2) is 12.0. The van der Waals surface area contributed by atoms with Gasteiger partial charge in [-0.05, 0) is 77.2 Å². The second-order valence-electron chi connectivity index (χ2n) is 11.2. The van der Waals surface area contributed by atoms with Gasteiger partial charge in [-0.15, -0.1) is 0 Å². The summed E-state index contributed by atoms with van der Waals surface area (Å²) in [4.78, 5) is 16.4. The largest absolute Gasteiger partial charge is 0.465 e. The lowest BCUT2D eigenvalue weighted by Gasteiger charge is -2.41. The van der Waals surface area contributed by atoms with Gasteiger partial charge in [0.15, 0.2) is 0 Å². The molecule has 1 fully saturated rings. The van der Waals surface area contributed by atoms with Gasteiger partial charge in [-0.25, -0.2) is 4.79 Å². The van der Waals surface area contributed by atoms with Gasteiger partial charge in [-0.2, -0.15) is 5.10 Å². The molecule has 3 aromatic rings. The van der Waals surface area contributed by atoms with Crippen molar-refractivity contribution in [3.63, 3.8) is 0 Å². The second-order valence-corrected chi connectivity index (χ2v) is 11.2. The maximum Gasteiger partial charge on any atom is 0.408 e. The molecule has 37 heavy (non-hydrogen) atoms. The quantitative estimate of drug-likeness (QED) is 0.359. The lowest BCUT2D eigenvalue weighted by Crippen LogP contribution is -2.48. The highest BCUT2D eigenvalue weighted by Crippen LogP contribution is 2.33. The van der Waals surface area contributed by atoms with Crippen molar-refractivity contribution in [1.82, 2.24) is 19.6 Å².